The highest BCUT2D eigenvalue weighted by Crippen LogP contribution is 2.37. The first kappa shape index (κ1) is 19.0. The Labute approximate surface area is 161 Å². The largest absolute Gasteiger partial charge is 0.465 e. The first-order valence-corrected chi connectivity index (χ1v) is 10.5. The Morgan fingerprint density at radius 2 is 2.08 bits per heavy atom. The van der Waals surface area contributed by atoms with Gasteiger partial charge < -0.3 is 14.6 Å². The van der Waals surface area contributed by atoms with E-state index in [1.807, 2.05) is 17.8 Å². The standard InChI is InChI=1S/C18H23N3O3S2/c1-21-10-9-19-18(21)25-11-14(22)20-16-15(17(23)24-2)12-7-5-3-4-6-8-13(12)26-16/h9-10H,3-8,11H2,1-2H3,(H,20,22). The van der Waals surface area contributed by atoms with Gasteiger partial charge in [-0.15, -0.1) is 11.3 Å². The van der Waals surface area contributed by atoms with Crippen molar-refractivity contribution in [1.82, 2.24) is 9.55 Å². The number of imidazole rings is 1. The molecule has 0 unspecified atom stereocenters. The molecule has 1 N–H and O–H groups in total. The molecule has 0 aromatic carbocycles. The lowest BCUT2D eigenvalue weighted by Crippen LogP contribution is -2.16. The number of nitrogens with one attached hydrogen (secondary N) is 1. The molecule has 2 aromatic heterocycles. The molecule has 2 heterocycles. The van der Waals surface area contributed by atoms with E-state index in [1.54, 1.807) is 6.20 Å². The van der Waals surface area contributed by atoms with Crippen molar-refractivity contribution in [3.8, 4) is 0 Å². The zero-order valence-corrected chi connectivity index (χ0v) is 16.7. The van der Waals surface area contributed by atoms with Gasteiger partial charge in [-0.3, -0.25) is 4.79 Å². The molecule has 2 aromatic rings. The van der Waals surface area contributed by atoms with E-state index in [-0.39, 0.29) is 17.6 Å². The summed E-state index contributed by atoms with van der Waals surface area (Å²) in [7, 11) is 3.28. The van der Waals surface area contributed by atoms with Gasteiger partial charge in [0.2, 0.25) is 5.91 Å². The minimum Gasteiger partial charge on any atom is -0.465 e. The highest BCUT2D eigenvalue weighted by molar-refractivity contribution is 7.99. The van der Waals surface area contributed by atoms with Gasteiger partial charge in [0, 0.05) is 24.3 Å². The zero-order chi connectivity index (χ0) is 18.5. The molecule has 0 fully saturated rings. The molecule has 0 spiro atoms. The lowest BCUT2D eigenvalue weighted by atomic mass is 9.96. The minimum atomic E-state index is -0.366. The second-order valence-corrected chi connectivity index (χ2v) is 8.32. The number of amides is 1. The Morgan fingerprint density at radius 1 is 1.31 bits per heavy atom. The lowest BCUT2D eigenvalue weighted by molar-refractivity contribution is -0.113. The second-order valence-electron chi connectivity index (χ2n) is 6.27. The molecule has 0 saturated carbocycles. The van der Waals surface area contributed by atoms with Crippen LogP contribution in [0.5, 0.6) is 0 Å². The van der Waals surface area contributed by atoms with Crippen LogP contribution in [0.15, 0.2) is 17.6 Å². The van der Waals surface area contributed by atoms with Gasteiger partial charge in [-0.1, -0.05) is 24.6 Å². The fraction of sp³-hybridized carbons (Fsp3) is 0.500. The Bertz CT molecular complexity index is 798. The first-order chi connectivity index (χ1) is 12.6. The monoisotopic (exact) mass is 393 g/mol. The van der Waals surface area contributed by atoms with E-state index in [0.29, 0.717) is 10.6 Å². The topological polar surface area (TPSA) is 73.2 Å². The number of ether oxygens (including phenoxy) is 1. The van der Waals surface area contributed by atoms with Gasteiger partial charge in [0.15, 0.2) is 5.16 Å². The zero-order valence-electron chi connectivity index (χ0n) is 15.0. The average Bonchev–Trinajstić information content (AvgIpc) is 3.15. The van der Waals surface area contributed by atoms with Crippen molar-refractivity contribution < 1.29 is 14.3 Å². The number of carbonyl (C=O) groups excluding carboxylic acids is 2. The Hall–Kier alpha value is -1.80. The molecule has 6 nitrogen and oxygen atoms in total. The van der Waals surface area contributed by atoms with E-state index in [1.165, 1.54) is 47.9 Å². The average molecular weight is 394 g/mol. The van der Waals surface area contributed by atoms with Crippen LogP contribution in [-0.4, -0.2) is 34.3 Å². The molecule has 26 heavy (non-hydrogen) atoms. The summed E-state index contributed by atoms with van der Waals surface area (Å²) < 4.78 is 6.86. The molecular formula is C18H23N3O3S2. The Kier molecular flexibility index (Phi) is 6.37. The fourth-order valence-electron chi connectivity index (χ4n) is 3.11. The van der Waals surface area contributed by atoms with Gasteiger partial charge in [0.1, 0.15) is 5.00 Å². The third kappa shape index (κ3) is 4.29. The van der Waals surface area contributed by atoms with E-state index in [0.717, 1.165) is 36.4 Å². The Balaban J connectivity index is 1.77. The molecule has 0 aliphatic heterocycles. The predicted octanol–water partition coefficient (Wildman–Crippen LogP) is 3.66. The summed E-state index contributed by atoms with van der Waals surface area (Å²) in [4.78, 5) is 30.2. The number of fused-ring (bicyclic) bond motifs is 1. The van der Waals surface area contributed by atoms with Crippen molar-refractivity contribution in [2.75, 3.05) is 18.2 Å². The van der Waals surface area contributed by atoms with E-state index in [9.17, 15) is 9.59 Å². The van der Waals surface area contributed by atoms with Crippen LogP contribution < -0.4 is 5.32 Å². The van der Waals surface area contributed by atoms with Crippen LogP contribution in [0.4, 0.5) is 5.00 Å². The van der Waals surface area contributed by atoms with E-state index in [4.69, 9.17) is 4.74 Å². The van der Waals surface area contributed by atoms with E-state index in [2.05, 4.69) is 10.3 Å². The molecule has 0 atom stereocenters. The molecule has 1 aliphatic carbocycles. The number of methoxy groups -OCH3 is 1. The smallest absolute Gasteiger partial charge is 0.341 e. The normalized spacial score (nSPS) is 14.2. The summed E-state index contributed by atoms with van der Waals surface area (Å²) in [5.74, 6) is -0.263. The molecule has 1 aliphatic rings. The number of esters is 1. The first-order valence-electron chi connectivity index (χ1n) is 8.73. The number of nitrogens with zero attached hydrogens (tertiary/aromatic N) is 2. The number of aromatic nitrogens is 2. The molecule has 1 amide bonds. The summed E-state index contributed by atoms with van der Waals surface area (Å²) in [6.45, 7) is 0. The van der Waals surface area contributed by atoms with Crippen LogP contribution in [0.3, 0.4) is 0 Å². The molecule has 0 saturated heterocycles. The quantitative estimate of drug-likeness (QED) is 0.620. The highest BCUT2D eigenvalue weighted by Gasteiger charge is 2.25. The summed E-state index contributed by atoms with van der Waals surface area (Å²) in [6.07, 6.45) is 9.96. The van der Waals surface area contributed by atoms with Gasteiger partial charge in [-0.2, -0.15) is 0 Å². The van der Waals surface area contributed by atoms with Crippen molar-refractivity contribution in [2.24, 2.45) is 7.05 Å². The SMILES string of the molecule is COC(=O)c1c(NC(=O)CSc2nccn2C)sc2c1CCCCCC2. The molecule has 8 heteroatoms. The number of thioether (sulfide) groups is 1. The van der Waals surface area contributed by atoms with Crippen LogP contribution in [0.25, 0.3) is 0 Å². The number of rotatable bonds is 5. The van der Waals surface area contributed by atoms with Crippen LogP contribution in [0, 0.1) is 0 Å². The summed E-state index contributed by atoms with van der Waals surface area (Å²) in [5.41, 5.74) is 1.61. The maximum atomic E-state index is 12.4. The minimum absolute atomic E-state index is 0.141. The maximum Gasteiger partial charge on any atom is 0.341 e. The summed E-state index contributed by atoms with van der Waals surface area (Å²) >= 11 is 2.89. The number of hydrogen-bond donors (Lipinski definition) is 1. The molecule has 0 radical (unpaired) electrons. The summed E-state index contributed by atoms with van der Waals surface area (Å²) in [6, 6.07) is 0. The second kappa shape index (κ2) is 8.73. The van der Waals surface area contributed by atoms with Crippen LogP contribution >= 0.6 is 23.1 Å². The van der Waals surface area contributed by atoms with Gasteiger partial charge in [-0.05, 0) is 31.2 Å². The molecule has 3 rings (SSSR count). The van der Waals surface area contributed by atoms with Gasteiger partial charge in [0.25, 0.3) is 0 Å². The molecular weight excluding hydrogens is 370 g/mol. The van der Waals surface area contributed by atoms with Crippen LogP contribution in [-0.2, 0) is 29.4 Å². The third-order valence-corrected chi connectivity index (χ3v) is 6.69. The van der Waals surface area contributed by atoms with Gasteiger partial charge >= 0.3 is 5.97 Å². The highest BCUT2D eigenvalue weighted by atomic mass is 32.2. The molecule has 140 valence electrons. The fourth-order valence-corrected chi connectivity index (χ4v) is 5.14. The number of aryl methyl sites for hydroxylation is 2. The van der Waals surface area contributed by atoms with E-state index < -0.39 is 0 Å². The Morgan fingerprint density at radius 3 is 2.77 bits per heavy atom. The van der Waals surface area contributed by atoms with Crippen molar-refractivity contribution in [1.29, 1.82) is 0 Å². The maximum absolute atomic E-state index is 12.4. The summed E-state index contributed by atoms with van der Waals surface area (Å²) in [5, 5.41) is 4.33. The van der Waals surface area contributed by atoms with Crippen molar-refractivity contribution in [3.63, 3.8) is 0 Å². The van der Waals surface area contributed by atoms with Crippen LogP contribution in [0.1, 0.15) is 46.5 Å². The molecule has 0 bridgehead atoms. The number of thiophene rings is 1. The van der Waals surface area contributed by atoms with Crippen molar-refractivity contribution in [2.45, 2.75) is 43.7 Å². The number of hydrogen-bond acceptors (Lipinski definition) is 6. The van der Waals surface area contributed by atoms with Gasteiger partial charge in [0.05, 0.1) is 18.4 Å². The number of anilines is 1. The number of carbonyl (C=O) groups is 2. The van der Waals surface area contributed by atoms with Crippen molar-refractivity contribution >= 4 is 40.0 Å². The van der Waals surface area contributed by atoms with Crippen LogP contribution in [0.2, 0.25) is 0 Å². The van der Waals surface area contributed by atoms with Crippen molar-refractivity contribution in [3.05, 3.63) is 28.4 Å². The van der Waals surface area contributed by atoms with E-state index >= 15 is 0 Å². The lowest BCUT2D eigenvalue weighted by Gasteiger charge is -2.11. The predicted molar refractivity (Wildman–Crippen MR) is 104 cm³/mol. The van der Waals surface area contributed by atoms with Gasteiger partial charge in [-0.25, -0.2) is 9.78 Å². The third-order valence-electron chi connectivity index (χ3n) is 4.42.